The second kappa shape index (κ2) is 7.43. The Balaban J connectivity index is 1.57. The summed E-state index contributed by atoms with van der Waals surface area (Å²) in [6.45, 7) is 1.48. The molecular weight excluding hydrogens is 340 g/mol. The molecule has 4 rings (SSSR count). The van der Waals surface area contributed by atoms with Crippen LogP contribution in [0, 0.1) is 0 Å². The summed E-state index contributed by atoms with van der Waals surface area (Å²) in [6, 6.07) is 15.5. The van der Waals surface area contributed by atoms with E-state index in [1.54, 1.807) is 12.0 Å². The summed E-state index contributed by atoms with van der Waals surface area (Å²) >= 11 is 0. The van der Waals surface area contributed by atoms with Gasteiger partial charge in [0.2, 0.25) is 5.91 Å². The fourth-order valence-electron chi connectivity index (χ4n) is 4.08. The van der Waals surface area contributed by atoms with Gasteiger partial charge in [-0.05, 0) is 55.2 Å². The number of rotatable bonds is 4. The van der Waals surface area contributed by atoms with Crippen LogP contribution in [0.3, 0.4) is 0 Å². The Labute approximate surface area is 159 Å². The van der Waals surface area contributed by atoms with Gasteiger partial charge in [-0.3, -0.25) is 9.59 Å². The number of amides is 2. The molecule has 1 atom stereocenters. The second-order valence-electron chi connectivity index (χ2n) is 7.13. The normalized spacial score (nSPS) is 19.6. The molecule has 2 amide bonds. The highest BCUT2D eigenvalue weighted by Gasteiger charge is 2.31. The van der Waals surface area contributed by atoms with Crippen molar-refractivity contribution in [1.82, 2.24) is 4.90 Å². The standard InChI is InChI=1S/C22H24N2O3/c1-27-19-11-9-16(10-12-19)20-7-3-14-24(20)22(26)17-5-2-6-18(15-17)23-13-4-8-21(23)25/h2,5-6,9-12,15,20H,3-4,7-8,13-14H2,1H3. The summed E-state index contributed by atoms with van der Waals surface area (Å²) in [5, 5.41) is 0. The first-order chi connectivity index (χ1) is 13.2. The maximum absolute atomic E-state index is 13.2. The number of carbonyl (C=O) groups is 2. The molecule has 27 heavy (non-hydrogen) atoms. The van der Waals surface area contributed by atoms with E-state index in [0.717, 1.165) is 49.4 Å². The van der Waals surface area contributed by atoms with Gasteiger partial charge in [0, 0.05) is 30.8 Å². The van der Waals surface area contributed by atoms with Crippen molar-refractivity contribution in [3.63, 3.8) is 0 Å². The van der Waals surface area contributed by atoms with E-state index >= 15 is 0 Å². The van der Waals surface area contributed by atoms with Gasteiger partial charge in [0.15, 0.2) is 0 Å². The highest BCUT2D eigenvalue weighted by Crippen LogP contribution is 2.34. The van der Waals surface area contributed by atoms with Gasteiger partial charge in [0.05, 0.1) is 13.2 Å². The zero-order valence-corrected chi connectivity index (χ0v) is 15.6. The molecule has 0 aliphatic carbocycles. The number of anilines is 1. The van der Waals surface area contributed by atoms with Crippen molar-refractivity contribution in [2.45, 2.75) is 31.7 Å². The minimum atomic E-state index is 0.0295. The Bertz CT molecular complexity index is 847. The number of hydrogen-bond donors (Lipinski definition) is 0. The molecule has 0 N–H and O–H groups in total. The zero-order chi connectivity index (χ0) is 18.8. The molecule has 0 spiro atoms. The Morgan fingerprint density at radius 3 is 2.59 bits per heavy atom. The van der Waals surface area contributed by atoms with E-state index in [1.165, 1.54) is 0 Å². The Morgan fingerprint density at radius 1 is 1.07 bits per heavy atom. The summed E-state index contributed by atoms with van der Waals surface area (Å²) in [5.41, 5.74) is 2.60. The first-order valence-electron chi connectivity index (χ1n) is 9.53. The van der Waals surface area contributed by atoms with Crippen molar-refractivity contribution < 1.29 is 14.3 Å². The number of carbonyl (C=O) groups excluding carboxylic acids is 2. The van der Waals surface area contributed by atoms with Crippen molar-refractivity contribution in [2.75, 3.05) is 25.1 Å². The van der Waals surface area contributed by atoms with Crippen LogP contribution in [0.4, 0.5) is 5.69 Å². The van der Waals surface area contributed by atoms with E-state index in [4.69, 9.17) is 4.74 Å². The van der Waals surface area contributed by atoms with Crippen LogP contribution in [-0.2, 0) is 4.79 Å². The van der Waals surface area contributed by atoms with Crippen LogP contribution in [0.1, 0.15) is 47.6 Å². The van der Waals surface area contributed by atoms with Crippen molar-refractivity contribution in [2.24, 2.45) is 0 Å². The number of ether oxygens (including phenoxy) is 1. The summed E-state index contributed by atoms with van der Waals surface area (Å²) in [4.78, 5) is 29.0. The van der Waals surface area contributed by atoms with Crippen LogP contribution in [0.2, 0.25) is 0 Å². The van der Waals surface area contributed by atoms with Gasteiger partial charge in [-0.2, -0.15) is 0 Å². The molecule has 5 nitrogen and oxygen atoms in total. The van der Waals surface area contributed by atoms with Gasteiger partial charge in [-0.1, -0.05) is 18.2 Å². The summed E-state index contributed by atoms with van der Waals surface area (Å²) < 4.78 is 5.23. The van der Waals surface area contributed by atoms with E-state index in [0.29, 0.717) is 12.0 Å². The molecule has 1 unspecified atom stereocenters. The van der Waals surface area contributed by atoms with Crippen molar-refractivity contribution in [3.8, 4) is 5.75 Å². The first kappa shape index (κ1) is 17.6. The maximum Gasteiger partial charge on any atom is 0.254 e. The lowest BCUT2D eigenvalue weighted by Crippen LogP contribution is -2.31. The fourth-order valence-corrected chi connectivity index (χ4v) is 4.08. The molecule has 0 bridgehead atoms. The highest BCUT2D eigenvalue weighted by molar-refractivity contribution is 5.99. The third-order valence-electron chi connectivity index (χ3n) is 5.49. The minimum absolute atomic E-state index is 0.0295. The third-order valence-corrected chi connectivity index (χ3v) is 5.49. The average molecular weight is 364 g/mol. The third kappa shape index (κ3) is 3.42. The molecule has 0 aromatic heterocycles. The monoisotopic (exact) mass is 364 g/mol. The smallest absolute Gasteiger partial charge is 0.254 e. The first-order valence-corrected chi connectivity index (χ1v) is 9.53. The number of nitrogens with zero attached hydrogens (tertiary/aromatic N) is 2. The molecule has 2 aliphatic heterocycles. The number of likely N-dealkylation sites (tertiary alicyclic amines) is 1. The van der Waals surface area contributed by atoms with Gasteiger partial charge in [0.25, 0.3) is 5.91 Å². The van der Waals surface area contributed by atoms with Crippen LogP contribution in [0.25, 0.3) is 0 Å². The van der Waals surface area contributed by atoms with Crippen LogP contribution in [-0.4, -0.2) is 36.9 Å². The van der Waals surface area contributed by atoms with Crippen molar-refractivity contribution >= 4 is 17.5 Å². The number of benzene rings is 2. The quantitative estimate of drug-likeness (QED) is 0.829. The minimum Gasteiger partial charge on any atom is -0.497 e. The highest BCUT2D eigenvalue weighted by atomic mass is 16.5. The summed E-state index contributed by atoms with van der Waals surface area (Å²) in [5.74, 6) is 0.983. The topological polar surface area (TPSA) is 49.9 Å². The molecule has 2 fully saturated rings. The van der Waals surface area contributed by atoms with Gasteiger partial charge >= 0.3 is 0 Å². The predicted molar refractivity (Wildman–Crippen MR) is 104 cm³/mol. The Morgan fingerprint density at radius 2 is 1.89 bits per heavy atom. The number of methoxy groups -OCH3 is 1. The van der Waals surface area contributed by atoms with Crippen LogP contribution >= 0.6 is 0 Å². The van der Waals surface area contributed by atoms with Crippen LogP contribution < -0.4 is 9.64 Å². The van der Waals surface area contributed by atoms with E-state index in [1.807, 2.05) is 53.4 Å². The van der Waals surface area contributed by atoms with E-state index in [-0.39, 0.29) is 17.9 Å². The largest absolute Gasteiger partial charge is 0.497 e. The lowest BCUT2D eigenvalue weighted by molar-refractivity contribution is -0.117. The average Bonchev–Trinajstić information content (AvgIpc) is 3.36. The molecule has 0 radical (unpaired) electrons. The molecule has 0 saturated carbocycles. The predicted octanol–water partition coefficient (Wildman–Crippen LogP) is 3.80. The fraction of sp³-hybridized carbons (Fsp3) is 0.364. The van der Waals surface area contributed by atoms with Gasteiger partial charge in [0.1, 0.15) is 5.75 Å². The van der Waals surface area contributed by atoms with Crippen LogP contribution in [0.15, 0.2) is 48.5 Å². The van der Waals surface area contributed by atoms with E-state index < -0.39 is 0 Å². The molecule has 2 aromatic carbocycles. The van der Waals surface area contributed by atoms with Gasteiger partial charge in [-0.25, -0.2) is 0 Å². The second-order valence-corrected chi connectivity index (χ2v) is 7.13. The van der Waals surface area contributed by atoms with Gasteiger partial charge < -0.3 is 14.5 Å². The van der Waals surface area contributed by atoms with E-state index in [2.05, 4.69) is 0 Å². The molecule has 2 heterocycles. The molecule has 5 heteroatoms. The zero-order valence-electron chi connectivity index (χ0n) is 15.6. The van der Waals surface area contributed by atoms with Gasteiger partial charge in [-0.15, -0.1) is 0 Å². The number of hydrogen-bond acceptors (Lipinski definition) is 3. The van der Waals surface area contributed by atoms with Crippen LogP contribution in [0.5, 0.6) is 5.75 Å². The summed E-state index contributed by atoms with van der Waals surface area (Å²) in [6.07, 6.45) is 3.42. The SMILES string of the molecule is COc1ccc(C2CCCN2C(=O)c2cccc(N3CCCC3=O)c2)cc1. The molecule has 140 valence electrons. The lowest BCUT2D eigenvalue weighted by atomic mass is 10.0. The molecular formula is C22H24N2O3. The Hall–Kier alpha value is -2.82. The van der Waals surface area contributed by atoms with Crippen molar-refractivity contribution in [1.29, 1.82) is 0 Å². The summed E-state index contributed by atoms with van der Waals surface area (Å²) in [7, 11) is 1.65. The molecule has 2 saturated heterocycles. The lowest BCUT2D eigenvalue weighted by Gasteiger charge is -2.26. The Kier molecular flexibility index (Phi) is 4.84. The van der Waals surface area contributed by atoms with Crippen molar-refractivity contribution in [3.05, 3.63) is 59.7 Å². The molecule has 2 aliphatic rings. The maximum atomic E-state index is 13.2. The molecule has 2 aromatic rings. The van der Waals surface area contributed by atoms with E-state index in [9.17, 15) is 9.59 Å².